The Morgan fingerprint density at radius 3 is 1.39 bits per heavy atom. The first kappa shape index (κ1) is 70.1. The lowest BCUT2D eigenvalue weighted by Gasteiger charge is -2.28. The quantitative estimate of drug-likeness (QED) is 0.0162. The molecule has 0 radical (unpaired) electrons. The average molecular weight is 1190 g/mol. The summed E-state index contributed by atoms with van der Waals surface area (Å²) in [6, 6.07) is 9.37. The fourth-order valence-corrected chi connectivity index (χ4v) is 8.54. The monoisotopic (exact) mass is 1190 g/mol. The van der Waals surface area contributed by atoms with E-state index >= 15 is 0 Å². The molecule has 0 spiro atoms. The highest BCUT2D eigenvalue weighted by Gasteiger charge is 2.36. The Kier molecular flexibility index (Phi) is 29.5. The van der Waals surface area contributed by atoms with Crippen LogP contribution in [0.1, 0.15) is 89.3 Å². The third kappa shape index (κ3) is 25.9. The highest BCUT2D eigenvalue weighted by atomic mass is 16.4. The summed E-state index contributed by atoms with van der Waals surface area (Å²) < 4.78 is 0. The van der Waals surface area contributed by atoms with E-state index in [1.54, 1.807) is 88.4 Å². The van der Waals surface area contributed by atoms with Gasteiger partial charge in [-0.15, -0.1) is 0 Å². The first-order valence-corrected chi connectivity index (χ1v) is 27.6. The van der Waals surface area contributed by atoms with Gasteiger partial charge in [0.25, 0.3) is 0 Å². The van der Waals surface area contributed by atoms with Crippen LogP contribution in [0.15, 0.2) is 89.9 Å². The minimum Gasteiger partial charge on any atom is -0.508 e. The predicted molar refractivity (Wildman–Crippen MR) is 310 cm³/mol. The minimum atomic E-state index is -1.86. The second-order valence-electron chi connectivity index (χ2n) is 21.1. The van der Waals surface area contributed by atoms with Crippen molar-refractivity contribution in [1.29, 1.82) is 0 Å². The third-order valence-electron chi connectivity index (χ3n) is 13.1. The number of phenolic OH excluding ortho intramolecular Hbond substituents is 1. The molecule has 0 saturated heterocycles. The molecule has 3 rings (SSSR count). The third-order valence-corrected chi connectivity index (χ3v) is 13.1. The van der Waals surface area contributed by atoms with Crippen LogP contribution in [0.2, 0.25) is 0 Å². The number of aliphatic imine (C=N–C) groups is 1. The maximum atomic E-state index is 14.3. The summed E-state index contributed by atoms with van der Waals surface area (Å²) in [5, 5.41) is 59.8. The maximum Gasteiger partial charge on any atom is 0.326 e. The molecule has 0 aromatic heterocycles. The zero-order valence-corrected chi connectivity index (χ0v) is 48.0. The summed E-state index contributed by atoms with van der Waals surface area (Å²) in [4.78, 5) is 152. The molecular formula is C57H81N13O15. The molecule has 0 aliphatic carbocycles. The number of hydrogen-bond donors (Lipinski definition) is 16. The fraction of sp³-hybridized carbons (Fsp3) is 0.474. The van der Waals surface area contributed by atoms with E-state index < -0.39 is 158 Å². The molecule has 464 valence electrons. The molecule has 20 N–H and O–H groups in total. The molecule has 0 heterocycles. The topological polar surface area (TPSA) is 481 Å². The number of rotatable bonds is 37. The number of carboxylic acid groups (broad SMARTS) is 2. The van der Waals surface area contributed by atoms with Crippen molar-refractivity contribution in [1.82, 2.24) is 42.5 Å². The van der Waals surface area contributed by atoms with Gasteiger partial charge in [0.1, 0.15) is 54.1 Å². The van der Waals surface area contributed by atoms with Crippen molar-refractivity contribution < 1.29 is 73.2 Å². The van der Waals surface area contributed by atoms with E-state index in [9.17, 15) is 73.2 Å². The maximum absolute atomic E-state index is 14.3. The summed E-state index contributed by atoms with van der Waals surface area (Å²) in [6.07, 6.45) is -2.83. The van der Waals surface area contributed by atoms with Crippen LogP contribution < -0.4 is 65.5 Å². The van der Waals surface area contributed by atoms with Gasteiger partial charge in [-0.3, -0.25) is 52.9 Å². The van der Waals surface area contributed by atoms with Gasteiger partial charge in [0.15, 0.2) is 5.96 Å². The number of aromatic hydroxyl groups is 1. The lowest BCUT2D eigenvalue weighted by molar-refractivity contribution is -0.142. The van der Waals surface area contributed by atoms with E-state index in [1.807, 2.05) is 0 Å². The largest absolute Gasteiger partial charge is 0.508 e. The van der Waals surface area contributed by atoms with Crippen molar-refractivity contribution in [3.05, 3.63) is 102 Å². The molecule has 3 aromatic rings. The lowest BCUT2D eigenvalue weighted by atomic mass is 9.99. The molecule has 0 saturated carbocycles. The summed E-state index contributed by atoms with van der Waals surface area (Å²) in [7, 11) is 0. The number of nitrogens with one attached hydrogen (secondary N) is 8. The van der Waals surface area contributed by atoms with Crippen LogP contribution in [0.25, 0.3) is 0 Å². The second kappa shape index (κ2) is 35.7. The van der Waals surface area contributed by atoms with Gasteiger partial charge < -0.3 is 85.9 Å². The van der Waals surface area contributed by atoms with E-state index in [2.05, 4.69) is 47.5 Å². The molecule has 0 unspecified atom stereocenters. The molecule has 0 bridgehead atoms. The Labute approximate surface area is 491 Å². The van der Waals surface area contributed by atoms with Crippen LogP contribution in [0.5, 0.6) is 5.75 Å². The van der Waals surface area contributed by atoms with Crippen molar-refractivity contribution in [3.63, 3.8) is 0 Å². The first-order chi connectivity index (χ1) is 40.2. The molecule has 9 atom stereocenters. The zero-order valence-electron chi connectivity index (χ0n) is 48.0. The van der Waals surface area contributed by atoms with Crippen molar-refractivity contribution >= 4 is 71.1 Å². The number of carbonyl (C=O) groups is 11. The number of aliphatic carboxylic acids is 2. The fourth-order valence-electron chi connectivity index (χ4n) is 8.54. The summed E-state index contributed by atoms with van der Waals surface area (Å²) in [6.45, 7) is 5.53. The summed E-state index contributed by atoms with van der Waals surface area (Å²) in [5.41, 5.74) is 24.4. The molecule has 3 aromatic carbocycles. The van der Waals surface area contributed by atoms with E-state index in [1.165, 1.54) is 24.3 Å². The highest BCUT2D eigenvalue weighted by molar-refractivity contribution is 5.98. The number of benzene rings is 3. The first-order valence-electron chi connectivity index (χ1n) is 27.6. The molecule has 0 aliphatic heterocycles. The second-order valence-corrected chi connectivity index (χ2v) is 21.1. The van der Waals surface area contributed by atoms with Crippen LogP contribution in [-0.2, 0) is 72.0 Å². The van der Waals surface area contributed by atoms with Crippen molar-refractivity contribution in [3.8, 4) is 5.75 Å². The molecule has 28 nitrogen and oxygen atoms in total. The Balaban J connectivity index is 1.91. The number of primary amides is 1. The number of carboxylic acids is 2. The van der Waals surface area contributed by atoms with Crippen LogP contribution >= 0.6 is 0 Å². The number of hydrogen-bond acceptors (Lipinski definition) is 15. The lowest BCUT2D eigenvalue weighted by Crippen LogP contribution is -2.61. The van der Waals surface area contributed by atoms with E-state index in [0.717, 1.165) is 5.56 Å². The van der Waals surface area contributed by atoms with Crippen molar-refractivity contribution in [2.75, 3.05) is 13.2 Å². The number of aliphatic hydroxyl groups is 1. The standard InChI is InChI=1S/C57H81N13O15/c1-31(2)26-41(52(80)68-43(56(84)85)29-34-14-9-6-10-15-34)66-51(79)40(22-24-46(74)75)64-49(77)38(16-11-25-62-57(60)61)63-50(78)39(21-23-45(59)73)65-54(82)44(30-71)69-53(81)42(28-35-17-19-36(72)20-18-35)67-55(83)47(32(3)4)70-48(76)37(58)27-33-12-7-5-8-13-33/h5-10,12-15,17-20,31-32,37-44,47,71-72H,11,16,21-30,58H2,1-4H3,(H2,59,73)(H,63,78)(H,64,77)(H,65,82)(H,66,79)(H,67,83)(H,68,80)(H,69,81)(H,70,76)(H,74,75)(H,84,85)(H4,60,61,62)/t37-,38-,39-,40-,41-,42-,43-,44-,47-/m0/s1. The Morgan fingerprint density at radius 2 is 0.906 bits per heavy atom. The van der Waals surface area contributed by atoms with Gasteiger partial charge in [-0.25, -0.2) is 4.79 Å². The smallest absolute Gasteiger partial charge is 0.326 e. The average Bonchev–Trinajstić information content (AvgIpc) is 3.66. The number of nitrogens with zero attached hydrogens (tertiary/aromatic N) is 1. The molecule has 0 fully saturated rings. The number of nitrogens with two attached hydrogens (primary N) is 4. The van der Waals surface area contributed by atoms with Gasteiger partial charge in [0, 0.05) is 32.2 Å². The van der Waals surface area contributed by atoms with Gasteiger partial charge in [-0.1, -0.05) is 100 Å². The Hall–Kier alpha value is -9.18. The van der Waals surface area contributed by atoms with Gasteiger partial charge in [0.2, 0.25) is 53.2 Å². The number of amides is 9. The number of guanidine groups is 1. The SMILES string of the molecule is CC(C)C[C@H](NC(=O)[C@H](CCC(=O)O)NC(=O)[C@H](CCCN=C(N)N)NC(=O)[C@H](CCC(N)=O)NC(=O)[C@H](CO)NC(=O)[C@H](Cc1ccc(O)cc1)NC(=O)[C@@H](NC(=O)[C@@H](N)Cc1ccccc1)C(C)C)C(=O)N[C@@H](Cc1ccccc1)C(=O)O. The van der Waals surface area contributed by atoms with Crippen LogP contribution in [0, 0.1) is 11.8 Å². The molecule has 85 heavy (non-hydrogen) atoms. The van der Waals surface area contributed by atoms with Crippen LogP contribution in [-0.4, -0.2) is 159 Å². The Morgan fingerprint density at radius 1 is 0.482 bits per heavy atom. The van der Waals surface area contributed by atoms with Crippen molar-refractivity contribution in [2.45, 2.75) is 146 Å². The summed E-state index contributed by atoms with van der Waals surface area (Å²) >= 11 is 0. The molecule has 9 amide bonds. The minimum absolute atomic E-state index is 0.0164. The molecule has 28 heteroatoms. The van der Waals surface area contributed by atoms with Gasteiger partial charge in [0.05, 0.1) is 12.6 Å². The van der Waals surface area contributed by atoms with Gasteiger partial charge in [-0.2, -0.15) is 0 Å². The summed E-state index contributed by atoms with van der Waals surface area (Å²) in [5.74, 6) is -12.8. The predicted octanol–water partition coefficient (Wildman–Crippen LogP) is -2.41. The Bertz CT molecular complexity index is 2770. The van der Waals surface area contributed by atoms with Crippen LogP contribution in [0.4, 0.5) is 0 Å². The zero-order chi connectivity index (χ0) is 63.3. The molecular weight excluding hydrogens is 1110 g/mol. The van der Waals surface area contributed by atoms with Gasteiger partial charge >= 0.3 is 11.9 Å². The van der Waals surface area contributed by atoms with Gasteiger partial charge in [-0.05, 0) is 79.2 Å². The van der Waals surface area contributed by atoms with E-state index in [0.29, 0.717) is 11.1 Å². The number of carbonyl (C=O) groups excluding carboxylic acids is 9. The normalized spacial score (nSPS) is 14.2. The van der Waals surface area contributed by atoms with Crippen LogP contribution in [0.3, 0.4) is 0 Å². The van der Waals surface area contributed by atoms with E-state index in [4.69, 9.17) is 22.9 Å². The highest BCUT2D eigenvalue weighted by Crippen LogP contribution is 2.15. The van der Waals surface area contributed by atoms with E-state index in [-0.39, 0.29) is 62.7 Å². The number of phenols is 1. The number of aliphatic hydroxyl groups excluding tert-OH is 1. The molecule has 0 aliphatic rings. The van der Waals surface area contributed by atoms with Crippen molar-refractivity contribution in [2.24, 2.45) is 39.8 Å².